The van der Waals surface area contributed by atoms with Crippen LogP contribution < -0.4 is 0 Å². The molecule has 0 saturated carbocycles. The molecule has 0 aromatic rings. The van der Waals surface area contributed by atoms with Crippen LogP contribution in [0.2, 0.25) is 0 Å². The molecule has 3 aliphatic rings. The molecule has 0 aliphatic carbocycles. The summed E-state index contributed by atoms with van der Waals surface area (Å²) in [7, 11) is -3.29. The Morgan fingerprint density at radius 1 is 1.31 bits per heavy atom. The van der Waals surface area contributed by atoms with Crippen LogP contribution in [-0.4, -0.2) is 38.9 Å². The number of rotatable bonds is 2. The van der Waals surface area contributed by atoms with Gasteiger partial charge >= 0.3 is 0 Å². The highest BCUT2D eigenvalue weighted by molar-refractivity contribution is 7.86. The van der Waals surface area contributed by atoms with Gasteiger partial charge < -0.3 is 0 Å². The zero-order valence-corrected chi connectivity index (χ0v) is 8.59. The van der Waals surface area contributed by atoms with Crippen molar-refractivity contribution in [3.8, 4) is 0 Å². The first kappa shape index (κ1) is 9.43. The Balaban J connectivity index is 2.01. The molecule has 5 heteroatoms. The van der Waals surface area contributed by atoms with Crippen molar-refractivity contribution in [2.24, 2.45) is 5.92 Å². The van der Waals surface area contributed by atoms with Crippen molar-refractivity contribution in [3.63, 3.8) is 0 Å². The fourth-order valence-corrected chi connectivity index (χ4v) is 2.82. The van der Waals surface area contributed by atoms with Gasteiger partial charge in [0, 0.05) is 13.1 Å². The molecule has 3 rings (SSSR count). The summed E-state index contributed by atoms with van der Waals surface area (Å²) in [6.45, 7) is 1.98. The van der Waals surface area contributed by atoms with Gasteiger partial charge in [-0.2, -0.15) is 8.42 Å². The Morgan fingerprint density at radius 3 is 2.31 bits per heavy atom. The van der Waals surface area contributed by atoms with Crippen LogP contribution in [0.5, 0.6) is 0 Å². The summed E-state index contributed by atoms with van der Waals surface area (Å²) in [6, 6.07) is 0. The van der Waals surface area contributed by atoms with Gasteiger partial charge in [0.25, 0.3) is 10.1 Å². The molecule has 0 aromatic heterocycles. The van der Waals surface area contributed by atoms with Crippen molar-refractivity contribution in [2.75, 3.05) is 19.3 Å². The van der Waals surface area contributed by atoms with Crippen molar-refractivity contribution in [3.05, 3.63) is 0 Å². The van der Waals surface area contributed by atoms with Crippen LogP contribution in [0.15, 0.2) is 0 Å². The summed E-state index contributed by atoms with van der Waals surface area (Å²) < 4.78 is 26.9. The Hall–Kier alpha value is -0.130. The molecule has 0 aromatic carbocycles. The average Bonchev–Trinajstić information content (AvgIpc) is 2.03. The Kier molecular flexibility index (Phi) is 2.33. The number of nitrogens with zero attached hydrogens (tertiary/aromatic N) is 1. The van der Waals surface area contributed by atoms with E-state index in [1.165, 1.54) is 12.8 Å². The predicted octanol–water partition coefficient (Wildman–Crippen LogP) is 0.404. The summed E-state index contributed by atoms with van der Waals surface area (Å²) in [6.07, 6.45) is 4.22. The fourth-order valence-electron chi connectivity index (χ4n) is 2.21. The van der Waals surface area contributed by atoms with E-state index in [4.69, 9.17) is 4.18 Å². The van der Waals surface area contributed by atoms with Gasteiger partial charge in [-0.1, -0.05) is 0 Å². The molecule has 0 N–H and O–H groups in total. The third-order valence-corrected chi connectivity index (χ3v) is 3.45. The first-order valence-corrected chi connectivity index (χ1v) is 6.48. The van der Waals surface area contributed by atoms with E-state index in [-0.39, 0.29) is 6.23 Å². The largest absolute Gasteiger partial charge is 0.277 e. The molecule has 76 valence electrons. The molecular weight excluding hydrogens is 190 g/mol. The molecular formula is C8H15NO3S. The Labute approximate surface area is 79.0 Å². The highest BCUT2D eigenvalue weighted by Crippen LogP contribution is 2.32. The van der Waals surface area contributed by atoms with Crippen LogP contribution in [0.1, 0.15) is 19.3 Å². The third-order valence-electron chi connectivity index (χ3n) is 2.88. The minimum absolute atomic E-state index is 0.178. The first-order chi connectivity index (χ1) is 6.04. The van der Waals surface area contributed by atoms with Gasteiger partial charge in [0.2, 0.25) is 0 Å². The molecule has 0 radical (unpaired) electrons. The van der Waals surface area contributed by atoms with Gasteiger partial charge in [0.05, 0.1) is 6.26 Å². The topological polar surface area (TPSA) is 46.6 Å². The van der Waals surface area contributed by atoms with E-state index in [2.05, 4.69) is 4.90 Å². The van der Waals surface area contributed by atoms with Gasteiger partial charge in [-0.25, -0.2) is 0 Å². The summed E-state index contributed by atoms with van der Waals surface area (Å²) in [5.74, 6) is 0.678. The lowest BCUT2D eigenvalue weighted by molar-refractivity contribution is -0.0566. The zero-order chi connectivity index (χ0) is 9.47. The number of hydrogen-bond acceptors (Lipinski definition) is 4. The van der Waals surface area contributed by atoms with Crippen LogP contribution in [0.25, 0.3) is 0 Å². The van der Waals surface area contributed by atoms with Gasteiger partial charge in [-0.05, 0) is 25.2 Å². The summed E-state index contributed by atoms with van der Waals surface area (Å²) >= 11 is 0. The second kappa shape index (κ2) is 3.22. The third kappa shape index (κ3) is 2.21. The quantitative estimate of drug-likeness (QED) is 0.612. The maximum atomic E-state index is 10.9. The van der Waals surface area contributed by atoms with Crippen LogP contribution in [0, 0.1) is 5.92 Å². The standard InChI is InChI=1S/C8H15NO3S/c1-13(10,11)12-8-6-7-2-4-9(8)5-3-7/h7-8H,2-6H2,1H3. The van der Waals surface area contributed by atoms with Crippen molar-refractivity contribution in [1.29, 1.82) is 0 Å². The van der Waals surface area contributed by atoms with E-state index in [0.717, 1.165) is 25.8 Å². The highest BCUT2D eigenvalue weighted by Gasteiger charge is 2.35. The number of hydrogen-bond donors (Lipinski definition) is 0. The van der Waals surface area contributed by atoms with Crippen LogP contribution in [0.4, 0.5) is 0 Å². The Bertz CT molecular complexity index is 280. The van der Waals surface area contributed by atoms with Crippen molar-refractivity contribution < 1.29 is 12.6 Å². The molecule has 1 atom stereocenters. The molecule has 3 heterocycles. The second-order valence-electron chi connectivity index (χ2n) is 3.97. The maximum Gasteiger partial charge on any atom is 0.265 e. The minimum Gasteiger partial charge on any atom is -0.277 e. The summed E-state index contributed by atoms with van der Waals surface area (Å²) in [5, 5.41) is 0. The van der Waals surface area contributed by atoms with Gasteiger partial charge in [0.1, 0.15) is 6.23 Å². The smallest absolute Gasteiger partial charge is 0.265 e. The van der Waals surface area contributed by atoms with Crippen molar-refractivity contribution in [2.45, 2.75) is 25.5 Å². The highest BCUT2D eigenvalue weighted by atomic mass is 32.2. The zero-order valence-electron chi connectivity index (χ0n) is 7.77. The molecule has 3 fully saturated rings. The molecule has 4 nitrogen and oxygen atoms in total. The average molecular weight is 205 g/mol. The van der Waals surface area contributed by atoms with Gasteiger partial charge in [-0.3, -0.25) is 9.08 Å². The lowest BCUT2D eigenvalue weighted by atomic mass is 9.87. The summed E-state index contributed by atoms with van der Waals surface area (Å²) in [4.78, 5) is 2.13. The first-order valence-electron chi connectivity index (χ1n) is 4.67. The molecule has 13 heavy (non-hydrogen) atoms. The van der Waals surface area contributed by atoms with E-state index < -0.39 is 10.1 Å². The lowest BCUT2D eigenvalue weighted by Crippen LogP contribution is -2.50. The van der Waals surface area contributed by atoms with Gasteiger partial charge in [-0.15, -0.1) is 0 Å². The maximum absolute atomic E-state index is 10.9. The van der Waals surface area contributed by atoms with E-state index in [0.29, 0.717) is 5.92 Å². The van der Waals surface area contributed by atoms with E-state index in [1.54, 1.807) is 0 Å². The van der Waals surface area contributed by atoms with Crippen LogP contribution >= 0.6 is 0 Å². The lowest BCUT2D eigenvalue weighted by Gasteiger charge is -2.44. The van der Waals surface area contributed by atoms with Crippen molar-refractivity contribution in [1.82, 2.24) is 4.90 Å². The van der Waals surface area contributed by atoms with E-state index >= 15 is 0 Å². The van der Waals surface area contributed by atoms with Crippen molar-refractivity contribution >= 4 is 10.1 Å². The normalized spacial score (nSPS) is 39.3. The molecule has 0 amide bonds. The Morgan fingerprint density at radius 2 is 1.92 bits per heavy atom. The SMILES string of the molecule is CS(=O)(=O)OC1CC2CCN1CC2. The number of piperidine rings is 3. The van der Waals surface area contributed by atoms with Crippen LogP contribution in [0.3, 0.4) is 0 Å². The number of fused-ring (bicyclic) bond motifs is 3. The predicted molar refractivity (Wildman–Crippen MR) is 48.6 cm³/mol. The molecule has 1 unspecified atom stereocenters. The second-order valence-corrected chi connectivity index (χ2v) is 5.57. The minimum atomic E-state index is -3.29. The molecule has 0 spiro atoms. The fraction of sp³-hybridized carbons (Fsp3) is 1.00. The van der Waals surface area contributed by atoms with Crippen LogP contribution in [-0.2, 0) is 14.3 Å². The molecule has 2 bridgehead atoms. The van der Waals surface area contributed by atoms with E-state index in [9.17, 15) is 8.42 Å². The monoisotopic (exact) mass is 205 g/mol. The summed E-state index contributed by atoms with van der Waals surface area (Å²) in [5.41, 5.74) is 0. The molecule has 3 aliphatic heterocycles. The van der Waals surface area contributed by atoms with Gasteiger partial charge in [0.15, 0.2) is 0 Å². The molecule has 3 saturated heterocycles. The van der Waals surface area contributed by atoms with E-state index in [1.807, 2.05) is 0 Å².